The molecule has 0 unspecified atom stereocenters. The Kier molecular flexibility index (Phi) is 6.37. The van der Waals surface area contributed by atoms with Gasteiger partial charge in [0.2, 0.25) is 0 Å². The van der Waals surface area contributed by atoms with E-state index in [9.17, 15) is 13.2 Å². The van der Waals surface area contributed by atoms with Gasteiger partial charge in [-0.2, -0.15) is 0 Å². The van der Waals surface area contributed by atoms with Crippen molar-refractivity contribution >= 4 is 27.4 Å². The molecule has 7 nitrogen and oxygen atoms in total. The van der Waals surface area contributed by atoms with Gasteiger partial charge in [0.05, 0.1) is 4.90 Å². The fraction of sp³-hybridized carbons (Fsp3) is 0.182. The predicted octanol–water partition coefficient (Wildman–Crippen LogP) is 3.91. The van der Waals surface area contributed by atoms with Gasteiger partial charge >= 0.3 is 0 Å². The number of carbonyl (C=O) groups excluding carboxylic acids is 1. The second-order valence-electron chi connectivity index (χ2n) is 6.86. The normalized spacial score (nSPS) is 12.1. The largest absolute Gasteiger partial charge is 0.481 e. The van der Waals surface area contributed by atoms with Gasteiger partial charge < -0.3 is 10.1 Å². The van der Waals surface area contributed by atoms with Crippen molar-refractivity contribution in [3.05, 3.63) is 78.0 Å². The number of anilines is 2. The lowest BCUT2D eigenvalue weighted by atomic mass is 10.1. The summed E-state index contributed by atoms with van der Waals surface area (Å²) in [6.07, 6.45) is 0.776. The number of pyridine rings is 1. The lowest BCUT2D eigenvalue weighted by molar-refractivity contribution is -0.122. The van der Waals surface area contributed by atoms with Crippen LogP contribution in [0.4, 0.5) is 11.5 Å². The molecule has 0 aliphatic carbocycles. The number of aryl methyl sites for hydroxylation is 2. The summed E-state index contributed by atoms with van der Waals surface area (Å²) < 4.78 is 33.1. The molecule has 1 heterocycles. The van der Waals surface area contributed by atoms with Crippen molar-refractivity contribution in [1.82, 2.24) is 4.98 Å². The first-order valence-corrected chi connectivity index (χ1v) is 10.8. The Labute approximate surface area is 176 Å². The average Bonchev–Trinajstić information content (AvgIpc) is 2.71. The van der Waals surface area contributed by atoms with Crippen molar-refractivity contribution in [1.29, 1.82) is 0 Å². The molecule has 0 saturated carbocycles. The maximum atomic E-state index is 12.5. The minimum Gasteiger partial charge on any atom is -0.481 e. The maximum absolute atomic E-state index is 12.5. The van der Waals surface area contributed by atoms with Crippen molar-refractivity contribution in [2.75, 3.05) is 10.0 Å². The van der Waals surface area contributed by atoms with E-state index in [1.54, 1.807) is 25.1 Å². The summed E-state index contributed by atoms with van der Waals surface area (Å²) in [5, 5.41) is 2.73. The molecule has 8 heteroatoms. The number of nitrogens with one attached hydrogen (secondary N) is 2. The molecule has 0 radical (unpaired) electrons. The zero-order valence-corrected chi connectivity index (χ0v) is 17.7. The van der Waals surface area contributed by atoms with Gasteiger partial charge in [0.25, 0.3) is 15.9 Å². The van der Waals surface area contributed by atoms with E-state index < -0.39 is 16.1 Å². The lowest BCUT2D eigenvalue weighted by Gasteiger charge is -2.17. The minimum atomic E-state index is -3.77. The highest BCUT2D eigenvalue weighted by Crippen LogP contribution is 2.21. The number of aromatic nitrogens is 1. The van der Waals surface area contributed by atoms with Crippen molar-refractivity contribution in [3.63, 3.8) is 0 Å². The Morgan fingerprint density at radius 3 is 2.43 bits per heavy atom. The second-order valence-corrected chi connectivity index (χ2v) is 8.55. The Morgan fingerprint density at radius 2 is 1.77 bits per heavy atom. The molecule has 1 aromatic heterocycles. The molecule has 3 aromatic rings. The fourth-order valence-electron chi connectivity index (χ4n) is 2.66. The first kappa shape index (κ1) is 21.3. The molecule has 1 amide bonds. The average molecular weight is 426 g/mol. The zero-order chi connectivity index (χ0) is 21.7. The molecular formula is C22H23N3O4S. The van der Waals surface area contributed by atoms with E-state index in [2.05, 4.69) is 15.0 Å². The number of hydrogen-bond acceptors (Lipinski definition) is 5. The molecule has 2 N–H and O–H groups in total. The summed E-state index contributed by atoms with van der Waals surface area (Å²) in [4.78, 5) is 16.5. The molecular weight excluding hydrogens is 402 g/mol. The number of benzene rings is 2. The zero-order valence-electron chi connectivity index (χ0n) is 16.9. The standard InChI is InChI=1S/C22H23N3O4S/c1-15-7-8-16(2)20(14-15)29-17(3)22(26)24-18-9-11-19(12-10-18)30(27,28)25-21-6-4-5-13-23-21/h4-14,17H,1-3H3,(H,23,25)(H,24,26)/t17-/m0/s1. The first-order chi connectivity index (χ1) is 14.2. The summed E-state index contributed by atoms with van der Waals surface area (Å²) in [5.74, 6) is 0.546. The van der Waals surface area contributed by atoms with Crippen LogP contribution in [0.2, 0.25) is 0 Å². The van der Waals surface area contributed by atoms with Crippen LogP contribution in [0.3, 0.4) is 0 Å². The molecule has 0 fully saturated rings. The van der Waals surface area contributed by atoms with Gasteiger partial charge in [-0.25, -0.2) is 13.4 Å². The number of rotatable bonds is 7. The molecule has 2 aromatic carbocycles. The third-order valence-electron chi connectivity index (χ3n) is 4.35. The van der Waals surface area contributed by atoms with Crippen LogP contribution >= 0.6 is 0 Å². The predicted molar refractivity (Wildman–Crippen MR) is 116 cm³/mol. The van der Waals surface area contributed by atoms with E-state index in [4.69, 9.17) is 4.74 Å². The molecule has 3 rings (SSSR count). The molecule has 156 valence electrons. The van der Waals surface area contributed by atoms with Gasteiger partial charge in [-0.1, -0.05) is 18.2 Å². The van der Waals surface area contributed by atoms with E-state index in [0.29, 0.717) is 11.4 Å². The van der Waals surface area contributed by atoms with E-state index in [0.717, 1.165) is 11.1 Å². The molecule has 30 heavy (non-hydrogen) atoms. The fourth-order valence-corrected chi connectivity index (χ4v) is 3.67. The highest BCUT2D eigenvalue weighted by Gasteiger charge is 2.18. The number of ether oxygens (including phenoxy) is 1. The highest BCUT2D eigenvalue weighted by molar-refractivity contribution is 7.92. The van der Waals surface area contributed by atoms with Crippen LogP contribution in [-0.4, -0.2) is 25.4 Å². The lowest BCUT2D eigenvalue weighted by Crippen LogP contribution is -2.30. The van der Waals surface area contributed by atoms with E-state index in [1.807, 2.05) is 32.0 Å². The quantitative estimate of drug-likeness (QED) is 0.598. The Morgan fingerprint density at radius 1 is 1.03 bits per heavy atom. The molecule has 0 aliphatic rings. The maximum Gasteiger partial charge on any atom is 0.265 e. The van der Waals surface area contributed by atoms with Crippen molar-refractivity contribution < 1.29 is 17.9 Å². The highest BCUT2D eigenvalue weighted by atomic mass is 32.2. The van der Waals surface area contributed by atoms with Crippen LogP contribution in [0.25, 0.3) is 0 Å². The Bertz CT molecular complexity index is 1130. The summed E-state index contributed by atoms with van der Waals surface area (Å²) in [6, 6.07) is 16.6. The Balaban J connectivity index is 1.64. The van der Waals surface area contributed by atoms with Crippen LogP contribution in [0, 0.1) is 13.8 Å². The third-order valence-corrected chi connectivity index (χ3v) is 5.72. The molecule has 0 saturated heterocycles. The van der Waals surface area contributed by atoms with Crippen molar-refractivity contribution in [2.45, 2.75) is 31.8 Å². The summed E-state index contributed by atoms with van der Waals surface area (Å²) >= 11 is 0. The van der Waals surface area contributed by atoms with Crippen molar-refractivity contribution in [2.24, 2.45) is 0 Å². The van der Waals surface area contributed by atoms with Gasteiger partial charge in [0.15, 0.2) is 6.10 Å². The smallest absolute Gasteiger partial charge is 0.265 e. The van der Waals surface area contributed by atoms with Crippen molar-refractivity contribution in [3.8, 4) is 5.75 Å². The summed E-state index contributed by atoms with van der Waals surface area (Å²) in [5.41, 5.74) is 2.45. The van der Waals surface area contributed by atoms with Gasteiger partial charge in [0, 0.05) is 11.9 Å². The van der Waals surface area contributed by atoms with Gasteiger partial charge in [-0.05, 0) is 74.4 Å². The number of nitrogens with zero attached hydrogens (tertiary/aromatic N) is 1. The van der Waals surface area contributed by atoms with Gasteiger partial charge in [-0.3, -0.25) is 9.52 Å². The van der Waals surface area contributed by atoms with Crippen LogP contribution in [0.15, 0.2) is 71.8 Å². The van der Waals surface area contributed by atoms with Crippen LogP contribution in [-0.2, 0) is 14.8 Å². The number of sulfonamides is 1. The summed E-state index contributed by atoms with van der Waals surface area (Å²) in [6.45, 7) is 5.53. The second kappa shape index (κ2) is 8.96. The molecule has 1 atom stereocenters. The topological polar surface area (TPSA) is 97.4 Å². The van der Waals surface area contributed by atoms with Crippen LogP contribution < -0.4 is 14.8 Å². The summed E-state index contributed by atoms with van der Waals surface area (Å²) in [7, 11) is -3.77. The number of hydrogen-bond donors (Lipinski definition) is 2. The van der Waals surface area contributed by atoms with E-state index in [-0.39, 0.29) is 16.6 Å². The number of carbonyl (C=O) groups is 1. The first-order valence-electron chi connectivity index (χ1n) is 9.33. The van der Waals surface area contributed by atoms with Crippen LogP contribution in [0.5, 0.6) is 5.75 Å². The molecule has 0 spiro atoms. The third kappa shape index (κ3) is 5.36. The van der Waals surface area contributed by atoms with E-state index >= 15 is 0 Å². The van der Waals surface area contributed by atoms with Crippen LogP contribution in [0.1, 0.15) is 18.1 Å². The molecule has 0 aliphatic heterocycles. The number of amides is 1. The Hall–Kier alpha value is -3.39. The van der Waals surface area contributed by atoms with Gasteiger partial charge in [0.1, 0.15) is 11.6 Å². The van der Waals surface area contributed by atoms with E-state index in [1.165, 1.54) is 30.5 Å². The van der Waals surface area contributed by atoms with Gasteiger partial charge in [-0.15, -0.1) is 0 Å². The molecule has 0 bridgehead atoms. The minimum absolute atomic E-state index is 0.0610. The monoisotopic (exact) mass is 425 g/mol. The SMILES string of the molecule is Cc1ccc(C)c(O[C@@H](C)C(=O)Nc2ccc(S(=O)(=O)Nc3ccccn3)cc2)c1.